The van der Waals surface area contributed by atoms with Crippen molar-refractivity contribution in [1.82, 2.24) is 5.32 Å². The van der Waals surface area contributed by atoms with Crippen molar-refractivity contribution in [2.45, 2.75) is 6.92 Å². The number of carbonyl (C=O) groups excluding carboxylic acids is 2. The van der Waals surface area contributed by atoms with Gasteiger partial charge in [-0.1, -0.05) is 0 Å². The summed E-state index contributed by atoms with van der Waals surface area (Å²) in [5, 5.41) is 26.1. The van der Waals surface area contributed by atoms with Gasteiger partial charge in [-0.2, -0.15) is 5.26 Å². The first-order valence-electron chi connectivity index (χ1n) is 9.62. The molecule has 11 nitrogen and oxygen atoms in total. The SMILES string of the molecule is COC(=O)c1sc(NC(=S)NC(=O)c2cc([N+](=O)[O-])ccc2N2CCOCC2)c(C#N)c1C. The topological polar surface area (TPSA) is 147 Å². The van der Waals surface area contributed by atoms with Crippen LogP contribution >= 0.6 is 23.6 Å². The normalized spacial score (nSPS) is 13.1. The maximum absolute atomic E-state index is 13.0. The van der Waals surface area contributed by atoms with E-state index in [9.17, 15) is 25.0 Å². The summed E-state index contributed by atoms with van der Waals surface area (Å²) in [5.74, 6) is -1.25. The number of thiocarbonyl (C=S) groups is 1. The Hall–Kier alpha value is -3.60. The number of benzene rings is 1. The second-order valence-electron chi connectivity index (χ2n) is 6.83. The summed E-state index contributed by atoms with van der Waals surface area (Å²) in [6.45, 7) is 3.59. The van der Waals surface area contributed by atoms with E-state index in [1.807, 2.05) is 11.0 Å². The van der Waals surface area contributed by atoms with Crippen LogP contribution in [0, 0.1) is 28.4 Å². The number of esters is 1. The molecule has 0 spiro atoms. The lowest BCUT2D eigenvalue weighted by atomic mass is 10.1. The molecule has 0 saturated carbocycles. The summed E-state index contributed by atoms with van der Waals surface area (Å²) in [7, 11) is 1.23. The highest BCUT2D eigenvalue weighted by Gasteiger charge is 2.24. The van der Waals surface area contributed by atoms with E-state index in [1.165, 1.54) is 25.3 Å². The highest BCUT2D eigenvalue weighted by atomic mass is 32.1. The van der Waals surface area contributed by atoms with Crippen molar-refractivity contribution in [1.29, 1.82) is 5.26 Å². The van der Waals surface area contributed by atoms with Crippen molar-refractivity contribution in [3.05, 3.63) is 49.9 Å². The van der Waals surface area contributed by atoms with Crippen LogP contribution in [0.25, 0.3) is 0 Å². The van der Waals surface area contributed by atoms with Gasteiger partial charge < -0.3 is 19.7 Å². The van der Waals surface area contributed by atoms with Gasteiger partial charge in [-0.15, -0.1) is 11.3 Å². The van der Waals surface area contributed by atoms with Gasteiger partial charge in [0.25, 0.3) is 11.6 Å². The molecule has 0 bridgehead atoms. The number of nitro groups is 1. The Balaban J connectivity index is 1.85. The van der Waals surface area contributed by atoms with E-state index in [1.54, 1.807) is 6.92 Å². The molecule has 2 N–H and O–H groups in total. The van der Waals surface area contributed by atoms with Crippen LogP contribution in [0.3, 0.4) is 0 Å². The summed E-state index contributed by atoms with van der Waals surface area (Å²) in [4.78, 5) is 37.7. The van der Waals surface area contributed by atoms with Crippen molar-refractivity contribution in [2.75, 3.05) is 43.6 Å². The molecular formula is C20H19N5O6S2. The third-order valence-electron chi connectivity index (χ3n) is 4.87. The van der Waals surface area contributed by atoms with Crippen molar-refractivity contribution in [3.8, 4) is 6.07 Å². The Kier molecular flexibility index (Phi) is 7.54. The lowest BCUT2D eigenvalue weighted by Crippen LogP contribution is -2.39. The molecule has 2 aromatic rings. The van der Waals surface area contributed by atoms with Crippen molar-refractivity contribution in [2.24, 2.45) is 0 Å². The Labute approximate surface area is 198 Å². The fourth-order valence-electron chi connectivity index (χ4n) is 3.23. The van der Waals surface area contributed by atoms with E-state index >= 15 is 0 Å². The molecule has 1 aromatic heterocycles. The average molecular weight is 490 g/mol. The van der Waals surface area contributed by atoms with Gasteiger partial charge in [0.1, 0.15) is 15.9 Å². The number of thiophene rings is 1. The number of hydrogen-bond donors (Lipinski definition) is 2. The van der Waals surface area contributed by atoms with Crippen LogP contribution < -0.4 is 15.5 Å². The number of ether oxygens (including phenoxy) is 2. The van der Waals surface area contributed by atoms with Gasteiger partial charge >= 0.3 is 5.97 Å². The highest BCUT2D eigenvalue weighted by Crippen LogP contribution is 2.33. The number of anilines is 2. The Morgan fingerprint density at radius 2 is 2.06 bits per heavy atom. The van der Waals surface area contributed by atoms with E-state index < -0.39 is 16.8 Å². The number of hydrogen-bond acceptors (Lipinski definition) is 10. The van der Waals surface area contributed by atoms with Gasteiger partial charge in [-0.25, -0.2) is 4.79 Å². The molecule has 1 fully saturated rings. The van der Waals surface area contributed by atoms with Gasteiger partial charge in [0.2, 0.25) is 0 Å². The Morgan fingerprint density at radius 3 is 2.67 bits per heavy atom. The molecule has 1 saturated heterocycles. The molecule has 0 aliphatic carbocycles. The molecule has 0 atom stereocenters. The van der Waals surface area contributed by atoms with Crippen LogP contribution in [-0.2, 0) is 9.47 Å². The lowest BCUT2D eigenvalue weighted by molar-refractivity contribution is -0.384. The maximum atomic E-state index is 13.0. The summed E-state index contributed by atoms with van der Waals surface area (Å²) in [6.07, 6.45) is 0. The molecule has 0 unspecified atom stereocenters. The number of non-ortho nitro benzene ring substituents is 1. The van der Waals surface area contributed by atoms with Crippen LogP contribution in [-0.4, -0.2) is 55.3 Å². The zero-order chi connectivity index (χ0) is 24.1. The van der Waals surface area contributed by atoms with E-state index in [0.717, 1.165) is 11.3 Å². The molecule has 172 valence electrons. The minimum Gasteiger partial charge on any atom is -0.465 e. The molecule has 1 aliphatic rings. The second-order valence-corrected chi connectivity index (χ2v) is 8.26. The van der Waals surface area contributed by atoms with Crippen LogP contribution in [0.15, 0.2) is 18.2 Å². The number of methoxy groups -OCH3 is 1. The number of carbonyl (C=O) groups is 2. The number of amides is 1. The average Bonchev–Trinajstić information content (AvgIpc) is 3.13. The summed E-state index contributed by atoms with van der Waals surface area (Å²) in [5.41, 5.74) is 0.982. The first-order chi connectivity index (χ1) is 15.8. The number of nitrogens with one attached hydrogen (secondary N) is 2. The van der Waals surface area contributed by atoms with Crippen LogP contribution in [0.4, 0.5) is 16.4 Å². The summed E-state index contributed by atoms with van der Waals surface area (Å²) in [6, 6.07) is 6.04. The second kappa shape index (κ2) is 10.3. The minimum absolute atomic E-state index is 0.0772. The molecule has 1 aliphatic heterocycles. The zero-order valence-corrected chi connectivity index (χ0v) is 19.3. The summed E-state index contributed by atoms with van der Waals surface area (Å²) >= 11 is 6.19. The third kappa shape index (κ3) is 5.25. The predicted molar refractivity (Wildman–Crippen MR) is 125 cm³/mol. The van der Waals surface area contributed by atoms with Gasteiger partial charge in [0, 0.05) is 25.2 Å². The number of nitrogens with zero attached hydrogens (tertiary/aromatic N) is 3. The first-order valence-corrected chi connectivity index (χ1v) is 10.8. The molecule has 0 radical (unpaired) electrons. The lowest BCUT2D eigenvalue weighted by Gasteiger charge is -2.30. The Morgan fingerprint density at radius 1 is 1.36 bits per heavy atom. The summed E-state index contributed by atoms with van der Waals surface area (Å²) < 4.78 is 10.1. The molecular weight excluding hydrogens is 470 g/mol. The number of rotatable bonds is 5. The molecule has 3 rings (SSSR count). The van der Waals surface area contributed by atoms with Crippen LogP contribution in [0.1, 0.15) is 31.2 Å². The number of nitro benzene ring substituents is 1. The fourth-order valence-corrected chi connectivity index (χ4v) is 4.57. The van der Waals surface area contributed by atoms with Crippen LogP contribution in [0.2, 0.25) is 0 Å². The van der Waals surface area contributed by atoms with E-state index in [2.05, 4.69) is 10.6 Å². The van der Waals surface area contributed by atoms with Crippen LogP contribution in [0.5, 0.6) is 0 Å². The first kappa shape index (κ1) is 24.1. The zero-order valence-electron chi connectivity index (χ0n) is 17.7. The van der Waals surface area contributed by atoms with Crippen molar-refractivity contribution >= 4 is 56.9 Å². The van der Waals surface area contributed by atoms with Gasteiger partial charge in [-0.05, 0) is 30.8 Å². The van der Waals surface area contributed by atoms with Gasteiger partial charge in [-0.3, -0.25) is 20.2 Å². The van der Waals surface area contributed by atoms with Gasteiger partial charge in [0.05, 0.1) is 42.1 Å². The van der Waals surface area contributed by atoms with E-state index in [0.29, 0.717) is 37.6 Å². The third-order valence-corrected chi connectivity index (χ3v) is 6.26. The van der Waals surface area contributed by atoms with Crippen molar-refractivity contribution in [3.63, 3.8) is 0 Å². The molecule has 13 heteroatoms. The molecule has 1 aromatic carbocycles. The number of nitriles is 1. The maximum Gasteiger partial charge on any atom is 0.348 e. The standard InChI is InChI=1S/C20H19N5O6S2/c1-11-14(10-21)18(33-16(11)19(27)30-2)23-20(32)22-17(26)13-9-12(25(28)29)3-4-15(13)24-5-7-31-8-6-24/h3-4,9H,5-8H2,1-2H3,(H2,22,23,26,32). The highest BCUT2D eigenvalue weighted by molar-refractivity contribution is 7.80. The monoisotopic (exact) mass is 489 g/mol. The smallest absolute Gasteiger partial charge is 0.348 e. The minimum atomic E-state index is -0.655. The quantitative estimate of drug-likeness (QED) is 0.278. The molecule has 33 heavy (non-hydrogen) atoms. The Bertz CT molecular complexity index is 1170. The fraction of sp³-hybridized carbons (Fsp3) is 0.300. The van der Waals surface area contributed by atoms with E-state index in [-0.39, 0.29) is 31.8 Å². The van der Waals surface area contributed by atoms with Gasteiger partial charge in [0.15, 0.2) is 5.11 Å². The van der Waals surface area contributed by atoms with E-state index in [4.69, 9.17) is 21.7 Å². The predicted octanol–water partition coefficient (Wildman–Crippen LogP) is 2.59. The largest absolute Gasteiger partial charge is 0.465 e. The molecule has 2 heterocycles. The number of morpholine rings is 1. The molecule has 1 amide bonds. The van der Waals surface area contributed by atoms with Crippen molar-refractivity contribution < 1.29 is 24.0 Å².